The molecule has 0 unspecified atom stereocenters. The van der Waals surface area contributed by atoms with Crippen LogP contribution >= 0.6 is 11.6 Å². The Morgan fingerprint density at radius 3 is 2.71 bits per heavy atom. The first-order valence-corrected chi connectivity index (χ1v) is 8.71. The Morgan fingerprint density at radius 1 is 1.33 bits per heavy atom. The Balaban J connectivity index is 1.57. The molecule has 1 aromatic heterocycles. The van der Waals surface area contributed by atoms with E-state index in [1.54, 1.807) is 4.90 Å². The number of nitrogens with zero attached hydrogens (tertiary/aromatic N) is 1. The van der Waals surface area contributed by atoms with Crippen LogP contribution in [0.15, 0.2) is 24.4 Å². The number of piperidine rings is 1. The standard InChI is InChI=1S/C18H24ClN3O2/c1-18(2,3)24-17(23)22-8-5-13(6-9-22)21-14-10-12-4-7-20-16(12)15(19)11-14/h4,7,10-11,13,20-21H,5-6,8-9H2,1-3H3. The molecule has 1 aliphatic rings. The number of carbonyl (C=O) groups excluding carboxylic acids is 1. The van der Waals surface area contributed by atoms with Crippen molar-refractivity contribution >= 4 is 34.3 Å². The van der Waals surface area contributed by atoms with Crippen LogP contribution in [0.1, 0.15) is 33.6 Å². The fraction of sp³-hybridized carbons (Fsp3) is 0.500. The number of anilines is 1. The van der Waals surface area contributed by atoms with Gasteiger partial charge in [0.05, 0.1) is 10.5 Å². The summed E-state index contributed by atoms with van der Waals surface area (Å²) in [4.78, 5) is 17.0. The third kappa shape index (κ3) is 3.96. The van der Waals surface area contributed by atoms with Crippen LogP contribution in [-0.4, -0.2) is 40.7 Å². The molecule has 0 spiro atoms. The zero-order chi connectivity index (χ0) is 17.3. The van der Waals surface area contributed by atoms with Crippen LogP contribution < -0.4 is 5.32 Å². The number of hydrogen-bond acceptors (Lipinski definition) is 3. The van der Waals surface area contributed by atoms with Crippen LogP contribution in [0.4, 0.5) is 10.5 Å². The molecule has 0 bridgehead atoms. The number of amides is 1. The Hall–Kier alpha value is -1.88. The Labute approximate surface area is 147 Å². The second-order valence-electron chi connectivity index (χ2n) is 7.29. The van der Waals surface area contributed by atoms with Crippen molar-refractivity contribution < 1.29 is 9.53 Å². The molecule has 5 nitrogen and oxygen atoms in total. The van der Waals surface area contributed by atoms with Crippen LogP contribution in [-0.2, 0) is 4.74 Å². The van der Waals surface area contributed by atoms with Crippen LogP contribution in [0.5, 0.6) is 0 Å². The molecular weight excluding hydrogens is 326 g/mol. The van der Waals surface area contributed by atoms with E-state index in [2.05, 4.69) is 16.4 Å². The smallest absolute Gasteiger partial charge is 0.410 e. The molecule has 0 aliphatic carbocycles. The number of nitrogens with one attached hydrogen (secondary N) is 2. The molecule has 24 heavy (non-hydrogen) atoms. The highest BCUT2D eigenvalue weighted by Gasteiger charge is 2.26. The van der Waals surface area contributed by atoms with Crippen molar-refractivity contribution in [3.63, 3.8) is 0 Å². The normalized spacial score (nSPS) is 16.4. The van der Waals surface area contributed by atoms with E-state index in [0.717, 1.165) is 29.4 Å². The molecule has 130 valence electrons. The van der Waals surface area contributed by atoms with Crippen LogP contribution in [0.3, 0.4) is 0 Å². The molecule has 2 N–H and O–H groups in total. The molecule has 1 saturated heterocycles. The molecule has 1 aromatic carbocycles. The number of aromatic nitrogens is 1. The average Bonchev–Trinajstić information content (AvgIpc) is 2.95. The van der Waals surface area contributed by atoms with E-state index in [-0.39, 0.29) is 6.09 Å². The lowest BCUT2D eigenvalue weighted by Gasteiger charge is -2.34. The summed E-state index contributed by atoms with van der Waals surface area (Å²) in [6.45, 7) is 7.07. The second kappa shape index (κ2) is 6.55. The molecule has 1 fully saturated rings. The van der Waals surface area contributed by atoms with Crippen molar-refractivity contribution in [2.24, 2.45) is 0 Å². The number of H-pyrrole nitrogens is 1. The van der Waals surface area contributed by atoms with Gasteiger partial charge in [0.2, 0.25) is 0 Å². The summed E-state index contributed by atoms with van der Waals surface area (Å²) in [6.07, 6.45) is 3.45. The van der Waals surface area contributed by atoms with Crippen LogP contribution in [0.2, 0.25) is 5.02 Å². The summed E-state index contributed by atoms with van der Waals surface area (Å²) in [6, 6.07) is 6.38. The topological polar surface area (TPSA) is 57.4 Å². The van der Waals surface area contributed by atoms with Gasteiger partial charge in [-0.2, -0.15) is 0 Å². The predicted molar refractivity (Wildman–Crippen MR) is 97.8 cm³/mol. The highest BCUT2D eigenvalue weighted by Crippen LogP contribution is 2.28. The maximum atomic E-state index is 12.1. The van der Waals surface area contributed by atoms with Gasteiger partial charge in [-0.3, -0.25) is 0 Å². The third-order valence-electron chi connectivity index (χ3n) is 4.13. The zero-order valence-electron chi connectivity index (χ0n) is 14.4. The zero-order valence-corrected chi connectivity index (χ0v) is 15.1. The minimum absolute atomic E-state index is 0.224. The Bertz CT molecular complexity index is 727. The first-order chi connectivity index (χ1) is 11.3. The van der Waals surface area contributed by atoms with Gasteiger partial charge in [-0.25, -0.2) is 4.79 Å². The van der Waals surface area contributed by atoms with Gasteiger partial charge >= 0.3 is 6.09 Å². The number of aromatic amines is 1. The SMILES string of the molecule is CC(C)(C)OC(=O)N1CCC(Nc2cc(Cl)c3[nH]ccc3c2)CC1. The number of rotatable bonds is 2. The number of benzene rings is 1. The minimum Gasteiger partial charge on any atom is -0.444 e. The quantitative estimate of drug-likeness (QED) is 0.830. The maximum Gasteiger partial charge on any atom is 0.410 e. The van der Waals surface area contributed by atoms with E-state index in [9.17, 15) is 4.79 Å². The monoisotopic (exact) mass is 349 g/mol. The van der Waals surface area contributed by atoms with Crippen molar-refractivity contribution in [1.29, 1.82) is 0 Å². The number of carbonyl (C=O) groups is 1. The van der Waals surface area contributed by atoms with Crippen LogP contribution in [0, 0.1) is 0 Å². The molecular formula is C18H24ClN3O2. The van der Waals surface area contributed by atoms with Gasteiger partial charge in [0, 0.05) is 36.4 Å². The molecule has 1 amide bonds. The van der Waals surface area contributed by atoms with E-state index in [1.807, 2.05) is 39.1 Å². The summed E-state index contributed by atoms with van der Waals surface area (Å²) in [5, 5.41) is 5.34. The summed E-state index contributed by atoms with van der Waals surface area (Å²) < 4.78 is 5.43. The van der Waals surface area contributed by atoms with Gasteiger partial charge in [-0.1, -0.05) is 11.6 Å². The lowest BCUT2D eigenvalue weighted by molar-refractivity contribution is 0.0210. The largest absolute Gasteiger partial charge is 0.444 e. The third-order valence-corrected chi connectivity index (χ3v) is 4.43. The Morgan fingerprint density at radius 2 is 2.04 bits per heavy atom. The van der Waals surface area contributed by atoms with E-state index < -0.39 is 5.60 Å². The summed E-state index contributed by atoms with van der Waals surface area (Å²) in [7, 11) is 0. The van der Waals surface area contributed by atoms with Crippen molar-refractivity contribution in [1.82, 2.24) is 9.88 Å². The molecule has 0 atom stereocenters. The molecule has 2 heterocycles. The van der Waals surface area contributed by atoms with Gasteiger partial charge in [0.25, 0.3) is 0 Å². The van der Waals surface area contributed by atoms with E-state index in [4.69, 9.17) is 16.3 Å². The summed E-state index contributed by atoms with van der Waals surface area (Å²) in [5.41, 5.74) is 1.53. The van der Waals surface area contributed by atoms with Crippen molar-refractivity contribution in [3.8, 4) is 0 Å². The highest BCUT2D eigenvalue weighted by atomic mass is 35.5. The number of likely N-dealkylation sites (tertiary alicyclic amines) is 1. The van der Waals surface area contributed by atoms with Gasteiger partial charge in [-0.15, -0.1) is 0 Å². The second-order valence-corrected chi connectivity index (χ2v) is 7.69. The van der Waals surface area contributed by atoms with E-state index >= 15 is 0 Å². The first-order valence-electron chi connectivity index (χ1n) is 8.33. The summed E-state index contributed by atoms with van der Waals surface area (Å²) >= 11 is 6.31. The molecule has 1 aliphatic heterocycles. The first kappa shape index (κ1) is 17.0. The van der Waals surface area contributed by atoms with Gasteiger partial charge in [-0.05, 0) is 51.8 Å². The molecule has 6 heteroatoms. The molecule has 3 rings (SSSR count). The molecule has 2 aromatic rings. The summed E-state index contributed by atoms with van der Waals surface area (Å²) in [5.74, 6) is 0. The molecule has 0 saturated carbocycles. The highest BCUT2D eigenvalue weighted by molar-refractivity contribution is 6.35. The number of ether oxygens (including phenoxy) is 1. The number of fused-ring (bicyclic) bond motifs is 1. The van der Waals surface area contributed by atoms with Crippen molar-refractivity contribution in [2.45, 2.75) is 45.3 Å². The van der Waals surface area contributed by atoms with Gasteiger partial charge in [0.15, 0.2) is 0 Å². The lowest BCUT2D eigenvalue weighted by atomic mass is 10.0. The number of hydrogen-bond donors (Lipinski definition) is 2. The van der Waals surface area contributed by atoms with Crippen molar-refractivity contribution in [3.05, 3.63) is 29.4 Å². The van der Waals surface area contributed by atoms with Crippen molar-refractivity contribution in [2.75, 3.05) is 18.4 Å². The van der Waals surface area contributed by atoms with E-state index in [1.165, 1.54) is 0 Å². The molecule has 0 radical (unpaired) electrons. The minimum atomic E-state index is -0.450. The lowest BCUT2D eigenvalue weighted by Crippen LogP contribution is -2.44. The fourth-order valence-electron chi connectivity index (χ4n) is 2.98. The van der Waals surface area contributed by atoms with Gasteiger partial charge < -0.3 is 19.9 Å². The van der Waals surface area contributed by atoms with Crippen LogP contribution in [0.25, 0.3) is 10.9 Å². The average molecular weight is 350 g/mol. The van der Waals surface area contributed by atoms with E-state index in [0.29, 0.717) is 24.2 Å². The Kier molecular flexibility index (Phi) is 4.63. The van der Waals surface area contributed by atoms with Gasteiger partial charge in [0.1, 0.15) is 5.60 Å². The number of halogens is 1. The fourth-order valence-corrected chi connectivity index (χ4v) is 3.26. The maximum absolute atomic E-state index is 12.1. The predicted octanol–water partition coefficient (Wildman–Crippen LogP) is 4.63.